The van der Waals surface area contributed by atoms with E-state index in [0.717, 1.165) is 11.1 Å². The van der Waals surface area contributed by atoms with Gasteiger partial charge in [-0.1, -0.05) is 5.16 Å². The van der Waals surface area contributed by atoms with E-state index < -0.39 is 12.1 Å². The highest BCUT2D eigenvalue weighted by Gasteiger charge is 2.38. The Morgan fingerprint density at radius 1 is 1.04 bits per heavy atom. The highest BCUT2D eigenvalue weighted by atomic mass is 19.4. The summed E-state index contributed by atoms with van der Waals surface area (Å²) >= 11 is 0. The molecule has 2 rings (SSSR count). The van der Waals surface area contributed by atoms with Crippen molar-refractivity contribution < 1.29 is 27.2 Å². The van der Waals surface area contributed by atoms with Crippen LogP contribution in [0.4, 0.5) is 13.2 Å². The van der Waals surface area contributed by atoms with E-state index in [1.807, 2.05) is 20.8 Å². The highest BCUT2D eigenvalue weighted by Crippen LogP contribution is 2.32. The molecule has 0 bridgehead atoms. The summed E-state index contributed by atoms with van der Waals surface area (Å²) in [5.74, 6) is -0.806. The van der Waals surface area contributed by atoms with Crippen LogP contribution in [-0.2, 0) is 10.9 Å². The topological polar surface area (TPSA) is 57.4 Å². The number of ether oxygens (including phenoxy) is 2. The van der Waals surface area contributed by atoms with E-state index in [-0.39, 0.29) is 11.4 Å². The van der Waals surface area contributed by atoms with E-state index in [2.05, 4.69) is 14.7 Å². The Kier molecular flexibility index (Phi) is 5.41. The maximum absolute atomic E-state index is 12.6. The summed E-state index contributed by atoms with van der Waals surface area (Å²) in [6.45, 7) is 10.3. The van der Waals surface area contributed by atoms with Gasteiger partial charge in [0, 0.05) is 5.56 Å². The first-order valence-electron chi connectivity index (χ1n) is 7.76. The van der Waals surface area contributed by atoms with Crippen LogP contribution in [0.1, 0.15) is 37.8 Å². The monoisotopic (exact) mass is 358 g/mol. The molecule has 0 unspecified atom stereocenters. The van der Waals surface area contributed by atoms with Gasteiger partial charge < -0.3 is 14.0 Å². The fourth-order valence-electron chi connectivity index (χ4n) is 2.25. The van der Waals surface area contributed by atoms with Gasteiger partial charge in [-0.25, -0.2) is 0 Å². The van der Waals surface area contributed by atoms with Gasteiger partial charge in [-0.05, 0) is 57.9 Å². The number of halogens is 3. The van der Waals surface area contributed by atoms with Crippen molar-refractivity contribution in [1.82, 2.24) is 10.1 Å². The van der Waals surface area contributed by atoms with E-state index in [0.29, 0.717) is 24.5 Å². The number of aryl methyl sites for hydroxylation is 2. The summed E-state index contributed by atoms with van der Waals surface area (Å²) in [6.07, 6.45) is -4.66. The zero-order chi connectivity index (χ0) is 18.8. The Balaban J connectivity index is 2.13. The highest BCUT2D eigenvalue weighted by molar-refractivity contribution is 5.61. The van der Waals surface area contributed by atoms with Crippen LogP contribution in [0.3, 0.4) is 0 Å². The van der Waals surface area contributed by atoms with Crippen LogP contribution in [0.2, 0.25) is 0 Å². The van der Waals surface area contributed by atoms with Crippen LogP contribution in [0.15, 0.2) is 16.7 Å². The zero-order valence-corrected chi connectivity index (χ0v) is 14.8. The third-order valence-electron chi connectivity index (χ3n) is 3.25. The molecule has 1 aromatic heterocycles. The first kappa shape index (κ1) is 19.2. The smallest absolute Gasteiger partial charge is 0.471 e. The molecule has 1 aromatic carbocycles. The van der Waals surface area contributed by atoms with Crippen LogP contribution in [0.5, 0.6) is 5.75 Å². The molecule has 1 heterocycles. The van der Waals surface area contributed by atoms with Gasteiger partial charge >= 0.3 is 12.1 Å². The Hall–Kier alpha value is -2.09. The summed E-state index contributed by atoms with van der Waals surface area (Å²) in [6, 6.07) is 3.33. The van der Waals surface area contributed by atoms with Gasteiger partial charge in [0.25, 0.3) is 0 Å². The minimum Gasteiger partial charge on any atom is -0.491 e. The average Bonchev–Trinajstić information content (AvgIpc) is 2.94. The molecule has 8 heteroatoms. The number of hydrogen-bond donors (Lipinski definition) is 0. The molecule has 0 spiro atoms. The lowest BCUT2D eigenvalue weighted by atomic mass is 10.1. The van der Waals surface area contributed by atoms with Crippen molar-refractivity contribution in [3.05, 3.63) is 29.2 Å². The lowest BCUT2D eigenvalue weighted by Gasteiger charge is -2.20. The summed E-state index contributed by atoms with van der Waals surface area (Å²) in [7, 11) is 0. The molecule has 25 heavy (non-hydrogen) atoms. The van der Waals surface area contributed by atoms with E-state index in [4.69, 9.17) is 9.47 Å². The number of nitrogens with zero attached hydrogens (tertiary/aromatic N) is 2. The predicted molar refractivity (Wildman–Crippen MR) is 85.4 cm³/mol. The molecule has 0 aliphatic carbocycles. The SMILES string of the molecule is Cc1cc(-c2noc(C(F)(F)F)n2)cc(C)c1OCCOC(C)(C)C. The molecule has 0 saturated heterocycles. The molecule has 0 fully saturated rings. The van der Waals surface area contributed by atoms with Gasteiger partial charge in [-0.2, -0.15) is 18.2 Å². The molecule has 0 N–H and O–H groups in total. The third-order valence-corrected chi connectivity index (χ3v) is 3.25. The molecule has 5 nitrogen and oxygen atoms in total. The number of rotatable bonds is 5. The standard InChI is InChI=1S/C17H21F3N2O3/c1-10-8-12(14-21-15(25-22-14)17(18,19)20)9-11(2)13(10)23-6-7-24-16(3,4)5/h8-9H,6-7H2,1-5H3. The van der Waals surface area contributed by atoms with Crippen molar-refractivity contribution in [3.63, 3.8) is 0 Å². The van der Waals surface area contributed by atoms with Crippen molar-refractivity contribution >= 4 is 0 Å². The average molecular weight is 358 g/mol. The van der Waals surface area contributed by atoms with Crippen LogP contribution < -0.4 is 4.74 Å². The maximum Gasteiger partial charge on any atom is 0.471 e. The molecule has 2 aromatic rings. The molecule has 0 radical (unpaired) electrons. The van der Waals surface area contributed by atoms with E-state index in [1.54, 1.807) is 26.0 Å². The van der Waals surface area contributed by atoms with Crippen molar-refractivity contribution in [2.75, 3.05) is 13.2 Å². The Labute approximate surface area is 144 Å². The van der Waals surface area contributed by atoms with Crippen LogP contribution in [0, 0.1) is 13.8 Å². The second-order valence-electron chi connectivity index (χ2n) is 6.67. The Bertz CT molecular complexity index is 710. The minimum atomic E-state index is -4.66. The molecule has 138 valence electrons. The normalized spacial score (nSPS) is 12.5. The lowest BCUT2D eigenvalue weighted by molar-refractivity contribution is -0.159. The number of benzene rings is 1. The molecule has 0 atom stereocenters. The summed E-state index contributed by atoms with van der Waals surface area (Å²) in [4.78, 5) is 3.40. The largest absolute Gasteiger partial charge is 0.491 e. The third kappa shape index (κ3) is 5.19. The maximum atomic E-state index is 12.6. The quantitative estimate of drug-likeness (QED) is 0.733. The van der Waals surface area contributed by atoms with Gasteiger partial charge in [0.1, 0.15) is 12.4 Å². The number of aromatic nitrogens is 2. The van der Waals surface area contributed by atoms with Gasteiger partial charge in [0.15, 0.2) is 0 Å². The fraction of sp³-hybridized carbons (Fsp3) is 0.529. The number of alkyl halides is 3. The lowest BCUT2D eigenvalue weighted by Crippen LogP contribution is -2.22. The van der Waals surface area contributed by atoms with E-state index >= 15 is 0 Å². The zero-order valence-electron chi connectivity index (χ0n) is 14.8. The van der Waals surface area contributed by atoms with E-state index in [1.165, 1.54) is 0 Å². The van der Waals surface area contributed by atoms with Crippen molar-refractivity contribution in [2.24, 2.45) is 0 Å². The van der Waals surface area contributed by atoms with Gasteiger partial charge in [-0.3, -0.25) is 0 Å². The summed E-state index contributed by atoms with van der Waals surface area (Å²) < 4.78 is 53.3. The molecule has 0 aliphatic rings. The van der Waals surface area contributed by atoms with Gasteiger partial charge in [-0.15, -0.1) is 0 Å². The van der Waals surface area contributed by atoms with Crippen molar-refractivity contribution in [2.45, 2.75) is 46.4 Å². The Morgan fingerprint density at radius 2 is 1.64 bits per heavy atom. The second kappa shape index (κ2) is 7.03. The second-order valence-corrected chi connectivity index (χ2v) is 6.67. The van der Waals surface area contributed by atoms with E-state index in [9.17, 15) is 13.2 Å². The molecular formula is C17H21F3N2O3. The Morgan fingerprint density at radius 3 is 2.12 bits per heavy atom. The fourth-order valence-corrected chi connectivity index (χ4v) is 2.25. The van der Waals surface area contributed by atoms with Gasteiger partial charge in [0.05, 0.1) is 12.2 Å². The molecule has 0 saturated carbocycles. The first-order chi connectivity index (χ1) is 11.5. The van der Waals surface area contributed by atoms with Crippen LogP contribution >= 0.6 is 0 Å². The van der Waals surface area contributed by atoms with Crippen molar-refractivity contribution in [3.8, 4) is 17.1 Å². The van der Waals surface area contributed by atoms with Crippen LogP contribution in [0.25, 0.3) is 11.4 Å². The van der Waals surface area contributed by atoms with Crippen molar-refractivity contribution in [1.29, 1.82) is 0 Å². The van der Waals surface area contributed by atoms with Gasteiger partial charge in [0.2, 0.25) is 5.82 Å². The number of hydrogen-bond acceptors (Lipinski definition) is 5. The van der Waals surface area contributed by atoms with Crippen LogP contribution in [-0.4, -0.2) is 29.0 Å². The molecular weight excluding hydrogens is 337 g/mol. The predicted octanol–water partition coefficient (Wildman–Crippen LogP) is 4.57. The molecule has 0 aliphatic heterocycles. The first-order valence-corrected chi connectivity index (χ1v) is 7.76. The minimum absolute atomic E-state index is 0.110. The summed E-state index contributed by atoms with van der Waals surface area (Å²) in [5, 5.41) is 3.40. The summed E-state index contributed by atoms with van der Waals surface area (Å²) in [5.41, 5.74) is 1.73. The molecule has 0 amide bonds.